The van der Waals surface area contributed by atoms with Crippen LogP contribution in [0.15, 0.2) is 12.2 Å². The lowest BCUT2D eigenvalue weighted by atomic mass is 10.3. The van der Waals surface area contributed by atoms with Crippen molar-refractivity contribution < 1.29 is 9.47 Å². The molecular weight excluding hydrogens is 220 g/mol. The number of allylic oxidation sites excluding steroid dienone is 1. The highest BCUT2D eigenvalue weighted by molar-refractivity contribution is 9.09. The normalized spacial score (nSPS) is 11.2. The van der Waals surface area contributed by atoms with Crippen LogP contribution in [-0.4, -0.2) is 25.3 Å². The summed E-state index contributed by atoms with van der Waals surface area (Å²) in [5.41, 5.74) is 0. The van der Waals surface area contributed by atoms with E-state index in [0.717, 1.165) is 31.4 Å². The highest BCUT2D eigenvalue weighted by Crippen LogP contribution is 1.92. The summed E-state index contributed by atoms with van der Waals surface area (Å²) in [6.45, 7) is 3.85. The van der Waals surface area contributed by atoms with Gasteiger partial charge in [0.2, 0.25) is 0 Å². The average Bonchev–Trinajstić information content (AvgIpc) is 2.10. The molecule has 0 aromatic carbocycles. The molecule has 0 radical (unpaired) electrons. The van der Waals surface area contributed by atoms with Crippen LogP contribution >= 0.6 is 15.9 Å². The van der Waals surface area contributed by atoms with Crippen molar-refractivity contribution in [2.75, 3.05) is 25.3 Å². The van der Waals surface area contributed by atoms with Crippen molar-refractivity contribution in [3.05, 3.63) is 12.2 Å². The van der Waals surface area contributed by atoms with Gasteiger partial charge in [-0.2, -0.15) is 0 Å². The fourth-order valence-electron chi connectivity index (χ4n) is 0.651. The van der Waals surface area contributed by atoms with Crippen molar-refractivity contribution >= 4 is 15.9 Å². The maximum Gasteiger partial charge on any atom is 0.146 e. The highest BCUT2D eigenvalue weighted by atomic mass is 79.9. The minimum absolute atomic E-state index is 0.419. The first kappa shape index (κ1) is 12.1. The molecule has 0 amide bonds. The smallest absolute Gasteiger partial charge is 0.146 e. The summed E-state index contributed by atoms with van der Waals surface area (Å²) >= 11 is 3.35. The van der Waals surface area contributed by atoms with E-state index in [4.69, 9.17) is 9.47 Å². The van der Waals surface area contributed by atoms with Crippen LogP contribution in [0.25, 0.3) is 0 Å². The van der Waals surface area contributed by atoms with E-state index < -0.39 is 0 Å². The molecule has 0 aliphatic rings. The predicted octanol–water partition coefficient (Wildman–Crippen LogP) is 2.73. The van der Waals surface area contributed by atoms with Crippen LogP contribution in [0.2, 0.25) is 0 Å². The van der Waals surface area contributed by atoms with Gasteiger partial charge < -0.3 is 9.47 Å². The van der Waals surface area contributed by atoms with Gasteiger partial charge >= 0.3 is 0 Å². The van der Waals surface area contributed by atoms with Crippen LogP contribution in [-0.2, 0) is 9.47 Å². The number of halogens is 1. The maximum atomic E-state index is 5.17. The Hall–Kier alpha value is 0.140. The van der Waals surface area contributed by atoms with Crippen molar-refractivity contribution in [2.45, 2.75) is 19.8 Å². The lowest BCUT2D eigenvalue weighted by Crippen LogP contribution is -1.99. The Labute approximate surface area is 83.1 Å². The van der Waals surface area contributed by atoms with Crippen molar-refractivity contribution in [1.29, 1.82) is 0 Å². The lowest BCUT2D eigenvalue weighted by molar-refractivity contribution is -0.0476. The fraction of sp³-hybridized carbons (Fsp3) is 0.778. The zero-order valence-electron chi connectivity index (χ0n) is 7.59. The number of hydrogen-bond donors (Lipinski definition) is 0. The fourth-order valence-corrected chi connectivity index (χ4v) is 0.916. The van der Waals surface area contributed by atoms with Crippen molar-refractivity contribution in [1.82, 2.24) is 0 Å². The number of ether oxygens (including phenoxy) is 2. The zero-order valence-corrected chi connectivity index (χ0v) is 9.18. The van der Waals surface area contributed by atoms with Crippen LogP contribution < -0.4 is 0 Å². The van der Waals surface area contributed by atoms with Crippen molar-refractivity contribution in [3.63, 3.8) is 0 Å². The molecule has 0 fully saturated rings. The molecule has 3 heteroatoms. The summed E-state index contributed by atoms with van der Waals surface area (Å²) in [5.74, 6) is 0. The van der Waals surface area contributed by atoms with Crippen LogP contribution in [0.4, 0.5) is 0 Å². The molecule has 0 aromatic heterocycles. The van der Waals surface area contributed by atoms with Gasteiger partial charge in [0.25, 0.3) is 0 Å². The van der Waals surface area contributed by atoms with E-state index in [1.54, 1.807) is 0 Å². The van der Waals surface area contributed by atoms with Gasteiger partial charge in [0.1, 0.15) is 6.79 Å². The number of alkyl halides is 1. The first-order chi connectivity index (χ1) is 5.91. The van der Waals surface area contributed by atoms with Crippen LogP contribution in [0.5, 0.6) is 0 Å². The van der Waals surface area contributed by atoms with E-state index in [2.05, 4.69) is 28.1 Å². The molecule has 0 spiro atoms. The van der Waals surface area contributed by atoms with Crippen LogP contribution in [0, 0.1) is 0 Å². The van der Waals surface area contributed by atoms with Crippen molar-refractivity contribution in [2.24, 2.45) is 0 Å². The van der Waals surface area contributed by atoms with Crippen LogP contribution in [0.3, 0.4) is 0 Å². The molecule has 0 N–H and O–H groups in total. The number of hydrogen-bond acceptors (Lipinski definition) is 2. The second-order valence-corrected chi connectivity index (χ2v) is 3.05. The molecule has 0 atom stereocenters. The summed E-state index contributed by atoms with van der Waals surface area (Å²) in [6.07, 6.45) is 6.34. The Morgan fingerprint density at radius 1 is 1.17 bits per heavy atom. The Morgan fingerprint density at radius 2 is 1.92 bits per heavy atom. The first-order valence-electron chi connectivity index (χ1n) is 4.28. The quantitative estimate of drug-likeness (QED) is 0.279. The zero-order chi connectivity index (χ0) is 9.07. The maximum absolute atomic E-state index is 5.17. The lowest BCUT2D eigenvalue weighted by Gasteiger charge is -2.00. The molecule has 0 saturated heterocycles. The van der Waals surface area contributed by atoms with E-state index in [-0.39, 0.29) is 0 Å². The van der Waals surface area contributed by atoms with Gasteiger partial charge in [0, 0.05) is 11.9 Å². The van der Waals surface area contributed by atoms with Gasteiger partial charge in [-0.3, -0.25) is 0 Å². The molecule has 0 aromatic rings. The SMILES string of the molecule is CCOCOCCC=CCCBr. The van der Waals surface area contributed by atoms with Gasteiger partial charge in [0.05, 0.1) is 6.61 Å². The average molecular weight is 237 g/mol. The molecule has 0 aliphatic carbocycles. The van der Waals surface area contributed by atoms with E-state index in [9.17, 15) is 0 Å². The molecule has 0 saturated carbocycles. The summed E-state index contributed by atoms with van der Waals surface area (Å²) in [7, 11) is 0. The third-order valence-electron chi connectivity index (χ3n) is 1.24. The standard InChI is InChI=1S/C9H17BrO2/c1-2-11-9-12-8-6-4-3-5-7-10/h3-4H,2,5-9H2,1H3. The molecule has 0 aliphatic heterocycles. The van der Waals surface area contributed by atoms with Gasteiger partial charge in [0.15, 0.2) is 0 Å². The van der Waals surface area contributed by atoms with Crippen molar-refractivity contribution in [3.8, 4) is 0 Å². The third-order valence-corrected chi connectivity index (χ3v) is 1.70. The van der Waals surface area contributed by atoms with E-state index in [1.807, 2.05) is 6.92 Å². The summed E-state index contributed by atoms with van der Waals surface area (Å²) in [5, 5.41) is 1.03. The second-order valence-electron chi connectivity index (χ2n) is 2.26. The third kappa shape index (κ3) is 10.1. The Balaban J connectivity index is 2.90. The second kappa shape index (κ2) is 11.1. The van der Waals surface area contributed by atoms with E-state index in [1.165, 1.54) is 0 Å². The molecule has 72 valence electrons. The number of rotatable bonds is 8. The molecule has 0 unspecified atom stereocenters. The Morgan fingerprint density at radius 3 is 2.58 bits per heavy atom. The molecular formula is C9H17BrO2. The topological polar surface area (TPSA) is 18.5 Å². The summed E-state index contributed by atoms with van der Waals surface area (Å²) in [6, 6.07) is 0. The molecule has 0 heterocycles. The van der Waals surface area contributed by atoms with Gasteiger partial charge in [-0.05, 0) is 19.8 Å². The van der Waals surface area contributed by atoms with E-state index in [0.29, 0.717) is 6.79 Å². The predicted molar refractivity (Wildman–Crippen MR) is 54.6 cm³/mol. The van der Waals surface area contributed by atoms with E-state index >= 15 is 0 Å². The minimum atomic E-state index is 0.419. The summed E-state index contributed by atoms with van der Waals surface area (Å²) in [4.78, 5) is 0. The molecule has 12 heavy (non-hydrogen) atoms. The van der Waals surface area contributed by atoms with Gasteiger partial charge in [-0.25, -0.2) is 0 Å². The van der Waals surface area contributed by atoms with Gasteiger partial charge in [-0.15, -0.1) is 0 Å². The van der Waals surface area contributed by atoms with Crippen LogP contribution in [0.1, 0.15) is 19.8 Å². The molecule has 0 rings (SSSR count). The minimum Gasteiger partial charge on any atom is -0.356 e. The Kier molecular flexibility index (Phi) is 11.3. The molecule has 2 nitrogen and oxygen atoms in total. The Bertz CT molecular complexity index is 105. The molecule has 0 bridgehead atoms. The largest absolute Gasteiger partial charge is 0.356 e. The van der Waals surface area contributed by atoms with Gasteiger partial charge in [-0.1, -0.05) is 28.1 Å². The summed E-state index contributed by atoms with van der Waals surface area (Å²) < 4.78 is 10.2. The monoisotopic (exact) mass is 236 g/mol. The first-order valence-corrected chi connectivity index (χ1v) is 5.40. The highest BCUT2D eigenvalue weighted by Gasteiger charge is 1.83.